The molecule has 0 radical (unpaired) electrons. The lowest BCUT2D eigenvalue weighted by Gasteiger charge is -2.08. The number of nitrogens with one attached hydrogen (secondary N) is 1. The van der Waals surface area contributed by atoms with Gasteiger partial charge in [-0.3, -0.25) is 4.68 Å². The summed E-state index contributed by atoms with van der Waals surface area (Å²) in [7, 11) is 1.86. The Bertz CT molecular complexity index is 1280. The van der Waals surface area contributed by atoms with Gasteiger partial charge in [-0.25, -0.2) is 4.98 Å². The lowest BCUT2D eigenvalue weighted by molar-refractivity contribution is 0.297. The number of allylic oxidation sites excluding steroid dienone is 1. The molecule has 0 bridgehead atoms. The molecule has 0 fully saturated rings. The van der Waals surface area contributed by atoms with Crippen LogP contribution in [0.2, 0.25) is 0 Å². The molecule has 0 atom stereocenters. The summed E-state index contributed by atoms with van der Waals surface area (Å²) < 4.78 is 13.3. The lowest BCUT2D eigenvalue weighted by atomic mass is 10.1. The highest BCUT2D eigenvalue weighted by molar-refractivity contribution is 5.92. The van der Waals surface area contributed by atoms with Crippen molar-refractivity contribution in [3.05, 3.63) is 60.0 Å². The van der Waals surface area contributed by atoms with Crippen molar-refractivity contribution >= 4 is 22.7 Å². The van der Waals surface area contributed by atoms with Gasteiger partial charge < -0.3 is 14.5 Å². The second-order valence-corrected chi connectivity index (χ2v) is 7.09. The summed E-state index contributed by atoms with van der Waals surface area (Å²) in [6.45, 7) is 1.27. The van der Waals surface area contributed by atoms with Crippen LogP contribution < -0.4 is 9.47 Å². The number of ether oxygens (including phenoxy) is 2. The number of aryl methyl sites for hydroxylation is 1. The monoisotopic (exact) mass is 397 g/mol. The van der Waals surface area contributed by atoms with Crippen LogP contribution in [0.3, 0.4) is 0 Å². The number of aromatic nitrogens is 4. The molecule has 4 aromatic rings. The smallest absolute Gasteiger partial charge is 0.161 e. The van der Waals surface area contributed by atoms with Gasteiger partial charge in [0.25, 0.3) is 0 Å². The van der Waals surface area contributed by atoms with E-state index < -0.39 is 0 Å². The van der Waals surface area contributed by atoms with E-state index in [9.17, 15) is 5.26 Å². The Kier molecular flexibility index (Phi) is 4.45. The topological polar surface area (TPSA) is 88.8 Å². The summed E-state index contributed by atoms with van der Waals surface area (Å²) in [5.74, 6) is 1.99. The molecule has 0 aliphatic carbocycles. The normalized spacial score (nSPS) is 13.8. The van der Waals surface area contributed by atoms with Gasteiger partial charge in [0.1, 0.15) is 11.9 Å². The minimum atomic E-state index is 0.440. The first-order chi connectivity index (χ1) is 14.7. The Balaban J connectivity index is 1.57. The molecule has 5 rings (SSSR count). The largest absolute Gasteiger partial charge is 0.490 e. The Morgan fingerprint density at radius 1 is 1.17 bits per heavy atom. The summed E-state index contributed by atoms with van der Waals surface area (Å²) >= 11 is 0. The molecule has 0 unspecified atom stereocenters. The number of imidazole rings is 1. The van der Waals surface area contributed by atoms with E-state index in [0.29, 0.717) is 30.4 Å². The highest BCUT2D eigenvalue weighted by atomic mass is 16.5. The molecule has 0 saturated heterocycles. The predicted molar refractivity (Wildman–Crippen MR) is 114 cm³/mol. The third-order valence-corrected chi connectivity index (χ3v) is 4.94. The van der Waals surface area contributed by atoms with Crippen LogP contribution in [0.5, 0.6) is 11.5 Å². The molecule has 7 heteroatoms. The molecule has 0 spiro atoms. The Hall–Kier alpha value is -4.05. The molecule has 3 heterocycles. The van der Waals surface area contributed by atoms with Gasteiger partial charge in [-0.2, -0.15) is 10.4 Å². The quantitative estimate of drug-likeness (QED) is 0.524. The van der Waals surface area contributed by atoms with Crippen LogP contribution in [-0.2, 0) is 7.05 Å². The van der Waals surface area contributed by atoms with Crippen LogP contribution >= 0.6 is 0 Å². The standard InChI is InChI=1S/C23H19N5O2/c1-28-14-17(11-16(13-24)23-25-18-5-2-3-6-19(18)26-23)22(27-28)15-7-8-20-21(12-15)30-10-4-9-29-20/h2-3,5-8,11-12,14H,4,9-10H2,1H3,(H,25,26)/b16-11+. The lowest BCUT2D eigenvalue weighted by Crippen LogP contribution is -1.97. The molecule has 30 heavy (non-hydrogen) atoms. The second-order valence-electron chi connectivity index (χ2n) is 7.09. The first kappa shape index (κ1) is 18.0. The van der Waals surface area contributed by atoms with Crippen LogP contribution in [0, 0.1) is 11.3 Å². The van der Waals surface area contributed by atoms with Gasteiger partial charge in [-0.15, -0.1) is 0 Å². The summed E-state index contributed by atoms with van der Waals surface area (Å²) in [6.07, 6.45) is 4.55. The van der Waals surface area contributed by atoms with E-state index >= 15 is 0 Å². The van der Waals surface area contributed by atoms with Gasteiger partial charge in [-0.05, 0) is 36.4 Å². The summed E-state index contributed by atoms with van der Waals surface area (Å²) in [6, 6.07) is 15.8. The van der Waals surface area contributed by atoms with Gasteiger partial charge in [0.2, 0.25) is 0 Å². The van der Waals surface area contributed by atoms with E-state index in [0.717, 1.165) is 40.0 Å². The van der Waals surface area contributed by atoms with Crippen molar-refractivity contribution in [3.8, 4) is 28.8 Å². The van der Waals surface area contributed by atoms with Gasteiger partial charge in [0.15, 0.2) is 11.5 Å². The maximum Gasteiger partial charge on any atom is 0.161 e. The minimum absolute atomic E-state index is 0.440. The number of aromatic amines is 1. The van der Waals surface area contributed by atoms with E-state index in [4.69, 9.17) is 9.47 Å². The Morgan fingerprint density at radius 2 is 2.00 bits per heavy atom. The van der Waals surface area contributed by atoms with Crippen LogP contribution in [0.4, 0.5) is 0 Å². The first-order valence-electron chi connectivity index (χ1n) is 9.72. The zero-order valence-corrected chi connectivity index (χ0v) is 16.4. The van der Waals surface area contributed by atoms with Crippen molar-refractivity contribution < 1.29 is 9.47 Å². The molecule has 7 nitrogen and oxygen atoms in total. The van der Waals surface area contributed by atoms with Crippen molar-refractivity contribution in [1.82, 2.24) is 19.7 Å². The highest BCUT2D eigenvalue weighted by Crippen LogP contribution is 2.35. The van der Waals surface area contributed by atoms with Gasteiger partial charge >= 0.3 is 0 Å². The van der Waals surface area contributed by atoms with Crippen molar-refractivity contribution in [2.45, 2.75) is 6.42 Å². The summed E-state index contributed by atoms with van der Waals surface area (Å²) in [5, 5.41) is 14.4. The zero-order valence-electron chi connectivity index (χ0n) is 16.4. The molecule has 0 amide bonds. The molecule has 2 aromatic carbocycles. The third-order valence-electron chi connectivity index (χ3n) is 4.94. The molecule has 1 aliphatic rings. The molecule has 148 valence electrons. The number of nitriles is 1. The van der Waals surface area contributed by atoms with Gasteiger partial charge in [0, 0.05) is 30.8 Å². The number of hydrogen-bond acceptors (Lipinski definition) is 5. The first-order valence-corrected chi connectivity index (χ1v) is 9.72. The van der Waals surface area contributed by atoms with E-state index in [1.54, 1.807) is 4.68 Å². The number of benzene rings is 2. The van der Waals surface area contributed by atoms with E-state index in [2.05, 4.69) is 21.1 Å². The zero-order chi connectivity index (χ0) is 20.5. The van der Waals surface area contributed by atoms with Crippen LogP contribution in [0.15, 0.2) is 48.7 Å². The number of nitrogens with zero attached hydrogens (tertiary/aromatic N) is 4. The molecule has 2 aromatic heterocycles. The van der Waals surface area contributed by atoms with Crippen LogP contribution in [0.25, 0.3) is 33.9 Å². The maximum atomic E-state index is 9.78. The van der Waals surface area contributed by atoms with Gasteiger partial charge in [-0.1, -0.05) is 12.1 Å². The van der Waals surface area contributed by atoms with Crippen molar-refractivity contribution in [2.24, 2.45) is 7.05 Å². The minimum Gasteiger partial charge on any atom is -0.490 e. The third kappa shape index (κ3) is 3.29. The molecule has 1 N–H and O–H groups in total. The highest BCUT2D eigenvalue weighted by Gasteiger charge is 2.16. The number of fused-ring (bicyclic) bond motifs is 2. The summed E-state index contributed by atoms with van der Waals surface area (Å²) in [4.78, 5) is 7.76. The van der Waals surface area contributed by atoms with E-state index in [1.165, 1.54) is 0 Å². The number of rotatable bonds is 3. The predicted octanol–water partition coefficient (Wildman–Crippen LogP) is 4.19. The van der Waals surface area contributed by atoms with E-state index in [-0.39, 0.29) is 0 Å². The molecule has 1 aliphatic heterocycles. The Morgan fingerprint density at radius 3 is 2.83 bits per heavy atom. The Labute approximate surface area is 173 Å². The van der Waals surface area contributed by atoms with Crippen molar-refractivity contribution in [2.75, 3.05) is 13.2 Å². The van der Waals surface area contributed by atoms with Crippen LogP contribution in [-0.4, -0.2) is 33.0 Å². The number of hydrogen-bond donors (Lipinski definition) is 1. The van der Waals surface area contributed by atoms with E-state index in [1.807, 2.05) is 61.8 Å². The SMILES string of the molecule is Cn1cc(/C=C(\C#N)c2nc3ccccc3[nH]2)c(-c2ccc3c(c2)OCCCO3)n1. The van der Waals surface area contributed by atoms with Crippen molar-refractivity contribution in [3.63, 3.8) is 0 Å². The molecular formula is C23H19N5O2. The molecule has 0 saturated carbocycles. The fourth-order valence-electron chi connectivity index (χ4n) is 3.54. The van der Waals surface area contributed by atoms with Gasteiger partial charge in [0.05, 0.1) is 35.5 Å². The average Bonchev–Trinajstić information content (AvgIpc) is 3.27. The fraction of sp³-hybridized carbons (Fsp3) is 0.174. The average molecular weight is 397 g/mol. The fourth-order valence-corrected chi connectivity index (χ4v) is 3.54. The summed E-state index contributed by atoms with van der Waals surface area (Å²) in [5.41, 5.74) is 4.63. The molecular weight excluding hydrogens is 378 g/mol. The van der Waals surface area contributed by atoms with Crippen molar-refractivity contribution in [1.29, 1.82) is 5.26 Å². The van der Waals surface area contributed by atoms with Crippen LogP contribution in [0.1, 0.15) is 17.8 Å². The number of H-pyrrole nitrogens is 1. The second kappa shape index (κ2) is 7.41. The maximum absolute atomic E-state index is 9.78. The number of para-hydroxylation sites is 2.